The number of esters is 1. The Morgan fingerprint density at radius 1 is 1.28 bits per heavy atom. The van der Waals surface area contributed by atoms with E-state index in [1.807, 2.05) is 25.1 Å². The van der Waals surface area contributed by atoms with Gasteiger partial charge in [-0.05, 0) is 19.1 Å². The SMILES string of the molecule is CCN(CC(C)C(=O)OC)C(=O)c1ccccc1. The quantitative estimate of drug-likeness (QED) is 0.749. The van der Waals surface area contributed by atoms with Crippen LogP contribution in [0, 0.1) is 5.92 Å². The number of carbonyl (C=O) groups excluding carboxylic acids is 2. The second-order valence-corrected chi connectivity index (χ2v) is 4.13. The summed E-state index contributed by atoms with van der Waals surface area (Å²) >= 11 is 0. The molecule has 0 bridgehead atoms. The Kier molecular flexibility index (Phi) is 5.36. The lowest BCUT2D eigenvalue weighted by Crippen LogP contribution is -2.37. The van der Waals surface area contributed by atoms with Gasteiger partial charge in [0.05, 0.1) is 13.0 Å². The van der Waals surface area contributed by atoms with Crippen molar-refractivity contribution in [2.75, 3.05) is 20.2 Å². The first-order chi connectivity index (χ1) is 8.60. The van der Waals surface area contributed by atoms with Gasteiger partial charge in [0.25, 0.3) is 5.91 Å². The summed E-state index contributed by atoms with van der Waals surface area (Å²) in [4.78, 5) is 25.2. The third kappa shape index (κ3) is 3.58. The summed E-state index contributed by atoms with van der Waals surface area (Å²) < 4.78 is 4.67. The molecule has 0 saturated carbocycles. The Bertz CT molecular complexity index is 403. The topological polar surface area (TPSA) is 46.6 Å². The second-order valence-electron chi connectivity index (χ2n) is 4.13. The monoisotopic (exact) mass is 249 g/mol. The summed E-state index contributed by atoms with van der Waals surface area (Å²) in [7, 11) is 1.36. The third-order valence-electron chi connectivity index (χ3n) is 2.79. The molecule has 18 heavy (non-hydrogen) atoms. The Balaban J connectivity index is 2.72. The lowest BCUT2D eigenvalue weighted by atomic mass is 10.1. The molecule has 0 radical (unpaired) electrons. The zero-order valence-corrected chi connectivity index (χ0v) is 11.1. The van der Waals surface area contributed by atoms with Crippen LogP contribution >= 0.6 is 0 Å². The van der Waals surface area contributed by atoms with Crippen molar-refractivity contribution in [1.82, 2.24) is 4.90 Å². The number of hydrogen-bond donors (Lipinski definition) is 0. The van der Waals surface area contributed by atoms with Gasteiger partial charge in [0.1, 0.15) is 0 Å². The summed E-state index contributed by atoms with van der Waals surface area (Å²) in [5, 5.41) is 0. The standard InChI is InChI=1S/C14H19NO3/c1-4-15(10-11(2)14(17)18-3)13(16)12-8-6-5-7-9-12/h5-9,11H,4,10H2,1-3H3. The molecular weight excluding hydrogens is 230 g/mol. The highest BCUT2D eigenvalue weighted by Gasteiger charge is 2.21. The molecule has 1 atom stereocenters. The van der Waals surface area contributed by atoms with E-state index in [2.05, 4.69) is 4.74 Å². The van der Waals surface area contributed by atoms with Crippen molar-refractivity contribution in [3.8, 4) is 0 Å². The Hall–Kier alpha value is -1.84. The Morgan fingerprint density at radius 2 is 1.89 bits per heavy atom. The number of hydrogen-bond acceptors (Lipinski definition) is 3. The number of rotatable bonds is 5. The fraction of sp³-hybridized carbons (Fsp3) is 0.429. The van der Waals surface area contributed by atoms with Crippen LogP contribution in [0.3, 0.4) is 0 Å². The molecule has 1 aromatic rings. The van der Waals surface area contributed by atoms with Gasteiger partial charge in [-0.2, -0.15) is 0 Å². The fourth-order valence-corrected chi connectivity index (χ4v) is 1.73. The molecule has 0 aliphatic rings. The van der Waals surface area contributed by atoms with Gasteiger partial charge >= 0.3 is 5.97 Å². The number of carbonyl (C=O) groups is 2. The maximum atomic E-state index is 12.2. The molecule has 1 unspecified atom stereocenters. The van der Waals surface area contributed by atoms with E-state index in [4.69, 9.17) is 0 Å². The van der Waals surface area contributed by atoms with E-state index < -0.39 is 0 Å². The number of methoxy groups -OCH3 is 1. The molecule has 4 heteroatoms. The van der Waals surface area contributed by atoms with E-state index in [1.165, 1.54) is 7.11 Å². The van der Waals surface area contributed by atoms with E-state index >= 15 is 0 Å². The zero-order valence-electron chi connectivity index (χ0n) is 11.1. The third-order valence-corrected chi connectivity index (χ3v) is 2.79. The molecule has 0 aliphatic heterocycles. The molecule has 98 valence electrons. The van der Waals surface area contributed by atoms with Crippen LogP contribution < -0.4 is 0 Å². The second kappa shape index (κ2) is 6.79. The molecule has 0 aromatic heterocycles. The van der Waals surface area contributed by atoms with Crippen molar-refractivity contribution in [1.29, 1.82) is 0 Å². The first kappa shape index (κ1) is 14.2. The van der Waals surface area contributed by atoms with Crippen molar-refractivity contribution in [3.05, 3.63) is 35.9 Å². The summed E-state index contributed by atoms with van der Waals surface area (Å²) in [6.07, 6.45) is 0. The van der Waals surface area contributed by atoms with Crippen molar-refractivity contribution < 1.29 is 14.3 Å². The molecule has 4 nitrogen and oxygen atoms in total. The molecule has 0 fully saturated rings. The minimum Gasteiger partial charge on any atom is -0.469 e. The van der Waals surface area contributed by atoms with Crippen molar-refractivity contribution in [2.24, 2.45) is 5.92 Å². The largest absolute Gasteiger partial charge is 0.469 e. The number of amides is 1. The predicted octanol–water partition coefficient (Wildman–Crippen LogP) is 1.96. The molecule has 1 amide bonds. The molecule has 0 spiro atoms. The smallest absolute Gasteiger partial charge is 0.310 e. The van der Waals surface area contributed by atoms with E-state index in [-0.39, 0.29) is 17.8 Å². The normalized spacial score (nSPS) is 11.7. The van der Waals surface area contributed by atoms with Gasteiger partial charge in [-0.1, -0.05) is 25.1 Å². The molecule has 0 heterocycles. The van der Waals surface area contributed by atoms with Gasteiger partial charge < -0.3 is 9.64 Å². The lowest BCUT2D eigenvalue weighted by molar-refractivity contribution is -0.145. The number of ether oxygens (including phenoxy) is 1. The minimum absolute atomic E-state index is 0.0612. The first-order valence-electron chi connectivity index (χ1n) is 6.02. The van der Waals surface area contributed by atoms with Crippen molar-refractivity contribution >= 4 is 11.9 Å². The van der Waals surface area contributed by atoms with Crippen LogP contribution in [-0.2, 0) is 9.53 Å². The highest BCUT2D eigenvalue weighted by atomic mass is 16.5. The van der Waals surface area contributed by atoms with E-state index in [1.54, 1.807) is 24.0 Å². The van der Waals surface area contributed by atoms with E-state index in [0.717, 1.165) is 0 Å². The highest BCUT2D eigenvalue weighted by Crippen LogP contribution is 2.08. The first-order valence-corrected chi connectivity index (χ1v) is 6.02. The Labute approximate surface area is 108 Å². The van der Waals surface area contributed by atoms with E-state index in [0.29, 0.717) is 18.7 Å². The zero-order chi connectivity index (χ0) is 13.5. The van der Waals surface area contributed by atoms with Gasteiger partial charge in [-0.25, -0.2) is 0 Å². The molecular formula is C14H19NO3. The molecule has 0 saturated heterocycles. The maximum Gasteiger partial charge on any atom is 0.310 e. The van der Waals surface area contributed by atoms with Gasteiger partial charge in [0, 0.05) is 18.7 Å². The highest BCUT2D eigenvalue weighted by molar-refractivity contribution is 5.94. The number of benzene rings is 1. The molecule has 0 N–H and O–H groups in total. The molecule has 1 rings (SSSR count). The van der Waals surface area contributed by atoms with Gasteiger partial charge in [-0.15, -0.1) is 0 Å². The lowest BCUT2D eigenvalue weighted by Gasteiger charge is -2.23. The predicted molar refractivity (Wildman–Crippen MR) is 69.2 cm³/mol. The molecule has 1 aromatic carbocycles. The van der Waals surface area contributed by atoms with Crippen molar-refractivity contribution in [2.45, 2.75) is 13.8 Å². The summed E-state index contributed by atoms with van der Waals surface area (Å²) in [6.45, 7) is 4.59. The molecule has 0 aliphatic carbocycles. The van der Waals surface area contributed by atoms with Crippen LogP contribution in [0.1, 0.15) is 24.2 Å². The van der Waals surface area contributed by atoms with E-state index in [9.17, 15) is 9.59 Å². The van der Waals surface area contributed by atoms with Crippen LogP contribution in [0.5, 0.6) is 0 Å². The van der Waals surface area contributed by atoms with Crippen LogP contribution in [0.2, 0.25) is 0 Å². The summed E-state index contributed by atoms with van der Waals surface area (Å²) in [5.74, 6) is -0.675. The summed E-state index contributed by atoms with van der Waals surface area (Å²) in [5.41, 5.74) is 0.636. The van der Waals surface area contributed by atoms with Crippen LogP contribution in [0.4, 0.5) is 0 Å². The average Bonchev–Trinajstić information content (AvgIpc) is 2.43. The van der Waals surface area contributed by atoms with Crippen molar-refractivity contribution in [3.63, 3.8) is 0 Å². The van der Waals surface area contributed by atoms with Crippen LogP contribution in [0.25, 0.3) is 0 Å². The average molecular weight is 249 g/mol. The van der Waals surface area contributed by atoms with Crippen LogP contribution in [0.15, 0.2) is 30.3 Å². The van der Waals surface area contributed by atoms with Gasteiger partial charge in [0.2, 0.25) is 0 Å². The van der Waals surface area contributed by atoms with Gasteiger partial charge in [-0.3, -0.25) is 9.59 Å². The van der Waals surface area contributed by atoms with Gasteiger partial charge in [0.15, 0.2) is 0 Å². The fourth-order valence-electron chi connectivity index (χ4n) is 1.73. The Morgan fingerprint density at radius 3 is 2.39 bits per heavy atom. The summed E-state index contributed by atoms with van der Waals surface area (Å²) in [6, 6.07) is 9.06. The maximum absolute atomic E-state index is 12.2. The minimum atomic E-state index is -0.317. The number of nitrogens with zero attached hydrogens (tertiary/aromatic N) is 1. The van der Waals surface area contributed by atoms with Crippen LogP contribution in [-0.4, -0.2) is 37.0 Å².